The van der Waals surface area contributed by atoms with Crippen molar-refractivity contribution in [2.75, 3.05) is 6.26 Å². The molecule has 1 atom stereocenters. The van der Waals surface area contributed by atoms with Crippen LogP contribution in [0.25, 0.3) is 0 Å². The second-order valence-electron chi connectivity index (χ2n) is 4.64. The summed E-state index contributed by atoms with van der Waals surface area (Å²) in [6.45, 7) is 0. The van der Waals surface area contributed by atoms with Crippen LogP contribution in [0.4, 0.5) is 0 Å². The molecular formula is C14H20OS. The Bertz CT molecular complexity index is 331. The van der Waals surface area contributed by atoms with Crippen molar-refractivity contribution < 1.29 is 5.11 Å². The molecule has 1 N–H and O–H groups in total. The van der Waals surface area contributed by atoms with E-state index in [1.807, 2.05) is 12.1 Å². The third-order valence-corrected chi connectivity index (χ3v) is 4.34. The van der Waals surface area contributed by atoms with Crippen molar-refractivity contribution in [2.24, 2.45) is 5.92 Å². The molecule has 0 radical (unpaired) electrons. The highest BCUT2D eigenvalue weighted by Gasteiger charge is 2.20. The molecule has 1 nitrogen and oxygen atoms in total. The van der Waals surface area contributed by atoms with Crippen molar-refractivity contribution in [1.82, 2.24) is 0 Å². The van der Waals surface area contributed by atoms with Crippen molar-refractivity contribution in [3.8, 4) is 0 Å². The number of rotatable bonds is 4. The summed E-state index contributed by atoms with van der Waals surface area (Å²) in [6.07, 6.45) is 8.05. The number of hydrogen-bond donors (Lipinski definition) is 1. The Kier molecular flexibility index (Phi) is 4.30. The summed E-state index contributed by atoms with van der Waals surface area (Å²) >= 11 is 1.72. The van der Waals surface area contributed by atoms with Gasteiger partial charge < -0.3 is 5.11 Å². The molecule has 1 saturated carbocycles. The van der Waals surface area contributed by atoms with Crippen molar-refractivity contribution in [3.63, 3.8) is 0 Å². The van der Waals surface area contributed by atoms with Gasteiger partial charge in [-0.2, -0.15) is 0 Å². The molecule has 0 saturated heterocycles. The number of hydrogen-bond acceptors (Lipinski definition) is 2. The van der Waals surface area contributed by atoms with E-state index in [2.05, 4.69) is 18.4 Å². The van der Waals surface area contributed by atoms with Crippen molar-refractivity contribution in [1.29, 1.82) is 0 Å². The van der Waals surface area contributed by atoms with Crippen LogP contribution in [0.5, 0.6) is 0 Å². The zero-order valence-corrected chi connectivity index (χ0v) is 10.7. The molecule has 1 aliphatic carbocycles. The van der Waals surface area contributed by atoms with Crippen LogP contribution in [0.15, 0.2) is 29.2 Å². The Morgan fingerprint density at radius 1 is 1.31 bits per heavy atom. The van der Waals surface area contributed by atoms with Crippen LogP contribution in [0.3, 0.4) is 0 Å². The third-order valence-electron chi connectivity index (χ3n) is 3.53. The molecule has 0 spiro atoms. The van der Waals surface area contributed by atoms with Crippen molar-refractivity contribution in [2.45, 2.75) is 43.1 Å². The molecule has 0 bridgehead atoms. The van der Waals surface area contributed by atoms with Gasteiger partial charge in [0.05, 0.1) is 6.10 Å². The molecule has 1 aromatic rings. The van der Waals surface area contributed by atoms with E-state index in [1.54, 1.807) is 11.8 Å². The summed E-state index contributed by atoms with van der Waals surface area (Å²) in [5, 5.41) is 10.3. The van der Waals surface area contributed by atoms with Crippen molar-refractivity contribution in [3.05, 3.63) is 29.8 Å². The van der Waals surface area contributed by atoms with E-state index in [0.717, 1.165) is 17.9 Å². The van der Waals surface area contributed by atoms with Crippen molar-refractivity contribution >= 4 is 11.8 Å². The van der Waals surface area contributed by atoms with Crippen LogP contribution in [-0.4, -0.2) is 11.4 Å². The normalized spacial score (nSPS) is 18.9. The summed E-state index contributed by atoms with van der Waals surface area (Å²) in [4.78, 5) is 1.22. The van der Waals surface area contributed by atoms with E-state index in [-0.39, 0.29) is 6.10 Å². The summed E-state index contributed by atoms with van der Waals surface area (Å²) in [5.74, 6) is 0.741. The minimum Gasteiger partial charge on any atom is -0.388 e. The first-order chi connectivity index (χ1) is 7.81. The van der Waals surface area contributed by atoms with Crippen LogP contribution in [-0.2, 0) is 0 Å². The minimum atomic E-state index is -0.272. The second kappa shape index (κ2) is 5.74. The van der Waals surface area contributed by atoms with Gasteiger partial charge in [0.2, 0.25) is 0 Å². The lowest BCUT2D eigenvalue weighted by Crippen LogP contribution is -2.05. The Morgan fingerprint density at radius 3 is 2.69 bits per heavy atom. The van der Waals surface area contributed by atoms with Gasteiger partial charge in [0.1, 0.15) is 0 Å². The van der Waals surface area contributed by atoms with E-state index in [9.17, 15) is 5.11 Å². The highest BCUT2D eigenvalue weighted by atomic mass is 32.2. The molecule has 1 aliphatic rings. The molecule has 1 aromatic carbocycles. The summed E-state index contributed by atoms with van der Waals surface area (Å²) in [7, 11) is 0. The van der Waals surface area contributed by atoms with Gasteiger partial charge in [-0.05, 0) is 30.2 Å². The van der Waals surface area contributed by atoms with Gasteiger partial charge in [0.15, 0.2) is 0 Å². The van der Waals surface area contributed by atoms with Gasteiger partial charge in [-0.25, -0.2) is 0 Å². The smallest absolute Gasteiger partial charge is 0.0803 e. The monoisotopic (exact) mass is 236 g/mol. The zero-order valence-electron chi connectivity index (χ0n) is 9.86. The molecule has 88 valence electrons. The molecule has 1 fully saturated rings. The van der Waals surface area contributed by atoms with Crippen LogP contribution in [0.2, 0.25) is 0 Å². The number of benzene rings is 1. The lowest BCUT2D eigenvalue weighted by Gasteiger charge is -2.17. The standard InChI is InChI=1S/C14H20OS/c1-16-14-9-5-4-8-12(14)13(15)10-11-6-2-3-7-11/h4-5,8-9,11,13,15H,2-3,6-7,10H2,1H3. The number of thioether (sulfide) groups is 1. The van der Waals surface area contributed by atoms with Gasteiger partial charge >= 0.3 is 0 Å². The molecule has 0 aromatic heterocycles. The third kappa shape index (κ3) is 2.80. The van der Waals surface area contributed by atoms with Gasteiger partial charge in [0, 0.05) is 4.90 Å². The summed E-state index contributed by atoms with van der Waals surface area (Å²) in [5.41, 5.74) is 1.11. The highest BCUT2D eigenvalue weighted by molar-refractivity contribution is 7.98. The minimum absolute atomic E-state index is 0.272. The Morgan fingerprint density at radius 2 is 2.00 bits per heavy atom. The lowest BCUT2D eigenvalue weighted by atomic mass is 9.96. The summed E-state index contributed by atoms with van der Waals surface area (Å²) < 4.78 is 0. The Hall–Kier alpha value is -0.470. The molecule has 16 heavy (non-hydrogen) atoms. The van der Waals surface area contributed by atoms with E-state index in [4.69, 9.17) is 0 Å². The predicted octanol–water partition coefficient (Wildman–Crippen LogP) is 4.02. The van der Waals surface area contributed by atoms with Crippen LogP contribution < -0.4 is 0 Å². The molecule has 0 aliphatic heterocycles. The molecular weight excluding hydrogens is 216 g/mol. The largest absolute Gasteiger partial charge is 0.388 e. The van der Waals surface area contributed by atoms with Gasteiger partial charge in [-0.15, -0.1) is 11.8 Å². The molecule has 2 heteroatoms. The first kappa shape index (κ1) is 12.0. The zero-order chi connectivity index (χ0) is 11.4. The Balaban J connectivity index is 2.04. The lowest BCUT2D eigenvalue weighted by molar-refractivity contribution is 0.142. The fraction of sp³-hybridized carbons (Fsp3) is 0.571. The summed E-state index contributed by atoms with van der Waals surface area (Å²) in [6, 6.07) is 8.22. The number of aliphatic hydroxyl groups excluding tert-OH is 1. The van der Waals surface area contributed by atoms with Crippen LogP contribution in [0, 0.1) is 5.92 Å². The first-order valence-electron chi connectivity index (χ1n) is 6.12. The molecule has 1 unspecified atom stereocenters. The van der Waals surface area contributed by atoms with Gasteiger partial charge in [-0.3, -0.25) is 0 Å². The predicted molar refractivity (Wildman–Crippen MR) is 69.8 cm³/mol. The van der Waals surface area contributed by atoms with Gasteiger partial charge in [-0.1, -0.05) is 43.9 Å². The van der Waals surface area contributed by atoms with Crippen LogP contribution in [0.1, 0.15) is 43.8 Å². The molecule has 0 heterocycles. The van der Waals surface area contributed by atoms with Gasteiger partial charge in [0.25, 0.3) is 0 Å². The maximum atomic E-state index is 10.3. The second-order valence-corrected chi connectivity index (χ2v) is 5.49. The number of aliphatic hydroxyl groups is 1. The maximum Gasteiger partial charge on any atom is 0.0803 e. The van der Waals surface area contributed by atoms with E-state index in [1.165, 1.54) is 30.6 Å². The topological polar surface area (TPSA) is 20.2 Å². The first-order valence-corrected chi connectivity index (χ1v) is 7.34. The Labute approximate surface area is 102 Å². The fourth-order valence-corrected chi connectivity index (χ4v) is 3.28. The average Bonchev–Trinajstić information content (AvgIpc) is 2.81. The van der Waals surface area contributed by atoms with E-state index in [0.29, 0.717) is 0 Å². The average molecular weight is 236 g/mol. The highest BCUT2D eigenvalue weighted by Crippen LogP contribution is 2.35. The SMILES string of the molecule is CSc1ccccc1C(O)CC1CCCC1. The van der Waals surface area contributed by atoms with Crippen LogP contribution >= 0.6 is 11.8 Å². The molecule has 0 amide bonds. The quantitative estimate of drug-likeness (QED) is 0.797. The molecule has 2 rings (SSSR count). The van der Waals surface area contributed by atoms with E-state index >= 15 is 0 Å². The maximum absolute atomic E-state index is 10.3. The van der Waals surface area contributed by atoms with E-state index < -0.39 is 0 Å². The fourth-order valence-electron chi connectivity index (χ4n) is 2.63.